The summed E-state index contributed by atoms with van der Waals surface area (Å²) in [6, 6.07) is 64.8. The maximum atomic E-state index is 5.18. The Bertz CT molecular complexity index is 2690. The maximum Gasteiger partial charge on any atom is 0.160 e. The Morgan fingerprint density at radius 1 is 0.415 bits per heavy atom. The quantitative estimate of drug-likeness (QED) is 0.181. The molecular weight excluding hydrogens is 645 g/mol. The molecule has 4 nitrogen and oxygen atoms in total. The highest BCUT2D eigenvalue weighted by Gasteiger charge is 2.36. The minimum absolute atomic E-state index is 0.124. The van der Waals surface area contributed by atoms with E-state index in [1.54, 1.807) is 0 Å². The molecule has 1 aliphatic rings. The van der Waals surface area contributed by atoms with Gasteiger partial charge in [0.2, 0.25) is 0 Å². The SMILES string of the molecule is CC1(C)c2ccccc2N(c2ccc3c(c2)c2cc(-c4cc(-c5ccccc5)nc(-c5ccccc5)n4)ccc2n3-c2ccccc2)c2ccccc21. The van der Waals surface area contributed by atoms with E-state index in [0.717, 1.165) is 50.5 Å². The van der Waals surface area contributed by atoms with E-state index in [9.17, 15) is 0 Å². The van der Waals surface area contributed by atoms with Gasteiger partial charge in [0, 0.05) is 44.3 Å². The molecular formula is C49H36N4. The van der Waals surface area contributed by atoms with Gasteiger partial charge in [-0.2, -0.15) is 0 Å². The first kappa shape index (κ1) is 31.0. The molecule has 10 rings (SSSR count). The highest BCUT2D eigenvalue weighted by atomic mass is 15.2. The predicted molar refractivity (Wildman–Crippen MR) is 219 cm³/mol. The zero-order chi connectivity index (χ0) is 35.5. The highest BCUT2D eigenvalue weighted by Crippen LogP contribution is 2.52. The molecule has 0 atom stereocenters. The van der Waals surface area contributed by atoms with Gasteiger partial charge in [-0.25, -0.2) is 9.97 Å². The molecule has 0 unspecified atom stereocenters. The molecule has 0 bridgehead atoms. The van der Waals surface area contributed by atoms with E-state index < -0.39 is 0 Å². The molecule has 2 aromatic heterocycles. The van der Waals surface area contributed by atoms with Crippen LogP contribution in [-0.4, -0.2) is 14.5 Å². The van der Waals surface area contributed by atoms with Crippen LogP contribution in [0.3, 0.4) is 0 Å². The molecule has 9 aromatic rings. The highest BCUT2D eigenvalue weighted by molar-refractivity contribution is 6.12. The van der Waals surface area contributed by atoms with Crippen molar-refractivity contribution in [2.24, 2.45) is 0 Å². The summed E-state index contributed by atoms with van der Waals surface area (Å²) in [6.45, 7) is 4.67. The first-order valence-electron chi connectivity index (χ1n) is 18.2. The van der Waals surface area contributed by atoms with E-state index in [-0.39, 0.29) is 5.41 Å². The maximum absolute atomic E-state index is 5.18. The Morgan fingerprint density at radius 3 is 1.57 bits per heavy atom. The van der Waals surface area contributed by atoms with Crippen LogP contribution in [0.5, 0.6) is 0 Å². The summed E-state index contributed by atoms with van der Waals surface area (Å²) in [6.07, 6.45) is 0. The van der Waals surface area contributed by atoms with Crippen molar-refractivity contribution in [3.63, 3.8) is 0 Å². The van der Waals surface area contributed by atoms with Crippen LogP contribution in [0, 0.1) is 0 Å². The second-order valence-corrected chi connectivity index (χ2v) is 14.3. The van der Waals surface area contributed by atoms with Crippen LogP contribution in [0.1, 0.15) is 25.0 Å². The first-order valence-corrected chi connectivity index (χ1v) is 18.2. The summed E-state index contributed by atoms with van der Waals surface area (Å²) < 4.78 is 2.38. The van der Waals surface area contributed by atoms with Crippen LogP contribution in [-0.2, 0) is 5.41 Å². The number of hydrogen-bond donors (Lipinski definition) is 0. The van der Waals surface area contributed by atoms with Crippen LogP contribution in [0.25, 0.3) is 61.4 Å². The van der Waals surface area contributed by atoms with Gasteiger partial charge in [-0.3, -0.25) is 0 Å². The van der Waals surface area contributed by atoms with E-state index in [2.05, 4.69) is 181 Å². The molecule has 0 fully saturated rings. The average molecular weight is 681 g/mol. The van der Waals surface area contributed by atoms with Gasteiger partial charge >= 0.3 is 0 Å². The number of aromatic nitrogens is 3. The number of fused-ring (bicyclic) bond motifs is 5. The van der Waals surface area contributed by atoms with Gasteiger partial charge in [0.1, 0.15) is 0 Å². The van der Waals surface area contributed by atoms with Crippen LogP contribution < -0.4 is 4.90 Å². The lowest BCUT2D eigenvalue weighted by Gasteiger charge is -2.42. The Morgan fingerprint density at radius 2 is 0.925 bits per heavy atom. The van der Waals surface area contributed by atoms with Gasteiger partial charge in [-0.1, -0.05) is 135 Å². The summed E-state index contributed by atoms with van der Waals surface area (Å²) in [5.41, 5.74) is 14.4. The molecule has 0 amide bonds. The molecule has 0 radical (unpaired) electrons. The molecule has 0 saturated carbocycles. The summed E-state index contributed by atoms with van der Waals surface area (Å²) in [4.78, 5) is 12.7. The third-order valence-electron chi connectivity index (χ3n) is 10.8. The number of hydrogen-bond acceptors (Lipinski definition) is 3. The fraction of sp³-hybridized carbons (Fsp3) is 0.0612. The molecule has 53 heavy (non-hydrogen) atoms. The Labute approximate surface area is 309 Å². The predicted octanol–water partition coefficient (Wildman–Crippen LogP) is 12.7. The smallest absolute Gasteiger partial charge is 0.160 e. The van der Waals surface area contributed by atoms with Crippen LogP contribution in [0.15, 0.2) is 182 Å². The second kappa shape index (κ2) is 12.2. The zero-order valence-corrected chi connectivity index (χ0v) is 29.6. The Hall–Kier alpha value is -6.78. The van der Waals surface area contributed by atoms with E-state index in [0.29, 0.717) is 5.82 Å². The van der Waals surface area contributed by atoms with Crippen molar-refractivity contribution in [3.8, 4) is 39.6 Å². The molecule has 4 heteroatoms. The summed E-state index contributed by atoms with van der Waals surface area (Å²) in [5.74, 6) is 0.710. The monoisotopic (exact) mass is 680 g/mol. The summed E-state index contributed by atoms with van der Waals surface area (Å²) in [5, 5.41) is 2.35. The van der Waals surface area contributed by atoms with E-state index >= 15 is 0 Å². The molecule has 1 aliphatic heterocycles. The van der Waals surface area contributed by atoms with Gasteiger partial charge < -0.3 is 9.47 Å². The first-order chi connectivity index (χ1) is 26.0. The topological polar surface area (TPSA) is 34.0 Å². The lowest BCUT2D eigenvalue weighted by Crippen LogP contribution is -2.30. The third kappa shape index (κ3) is 5.06. The van der Waals surface area contributed by atoms with E-state index in [1.165, 1.54) is 33.3 Å². The third-order valence-corrected chi connectivity index (χ3v) is 10.8. The molecule has 0 saturated heterocycles. The number of benzene rings is 7. The molecule has 0 aliphatic carbocycles. The fourth-order valence-electron chi connectivity index (χ4n) is 8.18. The Balaban J connectivity index is 1.21. The largest absolute Gasteiger partial charge is 0.310 e. The Kier molecular flexibility index (Phi) is 7.12. The minimum atomic E-state index is -0.124. The fourth-order valence-corrected chi connectivity index (χ4v) is 8.18. The van der Waals surface area contributed by atoms with Crippen molar-refractivity contribution in [3.05, 3.63) is 193 Å². The number of anilines is 3. The van der Waals surface area contributed by atoms with E-state index in [4.69, 9.17) is 9.97 Å². The number of nitrogens with zero attached hydrogens (tertiary/aromatic N) is 4. The van der Waals surface area contributed by atoms with Crippen LogP contribution in [0.4, 0.5) is 17.1 Å². The molecule has 0 N–H and O–H groups in total. The van der Waals surface area contributed by atoms with Gasteiger partial charge in [0.25, 0.3) is 0 Å². The number of para-hydroxylation sites is 3. The number of rotatable bonds is 5. The minimum Gasteiger partial charge on any atom is -0.310 e. The van der Waals surface area contributed by atoms with Crippen molar-refractivity contribution < 1.29 is 0 Å². The van der Waals surface area contributed by atoms with Crippen LogP contribution >= 0.6 is 0 Å². The zero-order valence-electron chi connectivity index (χ0n) is 29.6. The van der Waals surface area contributed by atoms with Crippen molar-refractivity contribution in [1.82, 2.24) is 14.5 Å². The average Bonchev–Trinajstić information content (AvgIpc) is 3.55. The molecule has 7 aromatic carbocycles. The van der Waals surface area contributed by atoms with Crippen molar-refractivity contribution >= 4 is 38.9 Å². The standard InChI is InChI=1S/C49H36N4/c1-49(2)40-22-12-14-24-46(40)53(47-25-15-13-23-41(47)49)37-27-29-45-39(31-37)38-30-35(26-28-44(38)52(45)36-20-10-5-11-21-36)43-32-42(33-16-6-3-7-17-33)50-48(51-43)34-18-8-4-9-19-34/h3-32H,1-2H3. The summed E-state index contributed by atoms with van der Waals surface area (Å²) in [7, 11) is 0. The lowest BCUT2D eigenvalue weighted by molar-refractivity contribution is 0.632. The van der Waals surface area contributed by atoms with Gasteiger partial charge in [0.15, 0.2) is 5.82 Å². The lowest BCUT2D eigenvalue weighted by atomic mass is 9.73. The van der Waals surface area contributed by atoms with Gasteiger partial charge in [-0.05, 0) is 71.8 Å². The second-order valence-electron chi connectivity index (χ2n) is 14.3. The van der Waals surface area contributed by atoms with Crippen molar-refractivity contribution in [2.45, 2.75) is 19.3 Å². The summed E-state index contributed by atoms with van der Waals surface area (Å²) >= 11 is 0. The van der Waals surface area contributed by atoms with Gasteiger partial charge in [0.05, 0.1) is 33.8 Å². The van der Waals surface area contributed by atoms with E-state index in [1.807, 2.05) is 24.3 Å². The van der Waals surface area contributed by atoms with Crippen LogP contribution in [0.2, 0.25) is 0 Å². The molecule has 0 spiro atoms. The molecule has 3 heterocycles. The van der Waals surface area contributed by atoms with Gasteiger partial charge in [-0.15, -0.1) is 0 Å². The molecule has 252 valence electrons. The normalized spacial score (nSPS) is 13.2. The van der Waals surface area contributed by atoms with Crippen molar-refractivity contribution in [1.29, 1.82) is 0 Å². The van der Waals surface area contributed by atoms with Crippen molar-refractivity contribution in [2.75, 3.05) is 4.90 Å².